The molecule has 0 spiro atoms. The van der Waals surface area contributed by atoms with Gasteiger partial charge in [-0.25, -0.2) is 13.2 Å². The molecule has 1 heterocycles. The summed E-state index contributed by atoms with van der Waals surface area (Å²) in [6.07, 6.45) is 0.524. The number of hydrogen-bond acceptors (Lipinski definition) is 4. The van der Waals surface area contributed by atoms with Gasteiger partial charge in [-0.1, -0.05) is 30.3 Å². The Morgan fingerprint density at radius 3 is 1.63 bits per heavy atom. The lowest BCUT2D eigenvalue weighted by atomic mass is 9.94. The van der Waals surface area contributed by atoms with E-state index >= 15 is 0 Å². The molecule has 0 saturated carbocycles. The fourth-order valence-electron chi connectivity index (χ4n) is 4.04. The Labute approximate surface area is 200 Å². The van der Waals surface area contributed by atoms with E-state index in [1.165, 1.54) is 47.4 Å². The van der Waals surface area contributed by atoms with Crippen molar-refractivity contribution in [1.29, 1.82) is 0 Å². The van der Waals surface area contributed by atoms with Gasteiger partial charge in [0.15, 0.2) is 0 Å². The summed E-state index contributed by atoms with van der Waals surface area (Å²) < 4.78 is 41.7. The quantitative estimate of drug-likeness (QED) is 0.228. The van der Waals surface area contributed by atoms with Crippen molar-refractivity contribution >= 4 is 17.5 Å². The topological polar surface area (TPSA) is 57.7 Å². The summed E-state index contributed by atoms with van der Waals surface area (Å²) in [5, 5.41) is 0. The van der Waals surface area contributed by atoms with Gasteiger partial charge in [-0.3, -0.25) is 19.3 Å². The van der Waals surface area contributed by atoms with Crippen molar-refractivity contribution in [3.63, 3.8) is 0 Å². The molecule has 0 unspecified atom stereocenters. The molecule has 1 fully saturated rings. The number of amides is 1. The highest BCUT2D eigenvalue weighted by Gasteiger charge is 2.35. The zero-order chi connectivity index (χ0) is 25.1. The van der Waals surface area contributed by atoms with Crippen LogP contribution in [0.5, 0.6) is 0 Å². The fourth-order valence-corrected chi connectivity index (χ4v) is 4.04. The number of hydrogen-bond donors (Lipinski definition) is 0. The first-order valence-corrected chi connectivity index (χ1v) is 10.9. The average molecular weight is 478 g/mol. The van der Waals surface area contributed by atoms with Gasteiger partial charge in [-0.05, 0) is 48.9 Å². The molecule has 0 atom stereocenters. The molecule has 1 aliphatic rings. The predicted octanol–water partition coefficient (Wildman–Crippen LogP) is 4.86. The molecule has 0 radical (unpaired) electrons. The maximum Gasteiger partial charge on any atom is 0.259 e. The van der Waals surface area contributed by atoms with Gasteiger partial charge in [0.1, 0.15) is 28.8 Å². The van der Waals surface area contributed by atoms with Crippen LogP contribution in [0.25, 0.3) is 0 Å². The maximum atomic E-state index is 13.9. The van der Waals surface area contributed by atoms with E-state index in [1.807, 2.05) is 0 Å². The van der Waals surface area contributed by atoms with Crippen LogP contribution in [0.1, 0.15) is 37.5 Å². The fraction of sp³-hybridized carbons (Fsp3) is 0.148. The van der Waals surface area contributed by atoms with Crippen molar-refractivity contribution in [3.05, 3.63) is 118 Å². The smallest absolute Gasteiger partial charge is 0.259 e. The summed E-state index contributed by atoms with van der Waals surface area (Å²) in [6, 6.07) is 14.7. The van der Waals surface area contributed by atoms with E-state index in [0.717, 1.165) is 30.3 Å². The van der Waals surface area contributed by atoms with Gasteiger partial charge in [-0.2, -0.15) is 0 Å². The van der Waals surface area contributed by atoms with Crippen LogP contribution in [0.15, 0.2) is 84.2 Å². The molecule has 1 amide bonds. The third-order valence-corrected chi connectivity index (χ3v) is 5.66. The van der Waals surface area contributed by atoms with Crippen LogP contribution in [-0.4, -0.2) is 47.4 Å². The zero-order valence-corrected chi connectivity index (χ0v) is 18.8. The number of carbonyl (C=O) groups is 3. The van der Waals surface area contributed by atoms with Crippen LogP contribution in [0.2, 0.25) is 0 Å². The second kappa shape index (κ2) is 9.97. The Bertz CT molecular complexity index is 1290. The third-order valence-electron chi connectivity index (χ3n) is 5.66. The Kier molecular flexibility index (Phi) is 6.82. The van der Waals surface area contributed by atoms with Gasteiger partial charge in [0.2, 0.25) is 11.6 Å². The number of nitrogens with zero attached hydrogens (tertiary/aromatic N) is 2. The minimum atomic E-state index is -0.820. The second-order valence-electron chi connectivity index (χ2n) is 8.12. The number of Topliss-reactive ketones (excluding diaryl/α,β-unsaturated/α-hetero) is 2. The maximum absolute atomic E-state index is 13.9. The van der Waals surface area contributed by atoms with Gasteiger partial charge >= 0.3 is 0 Å². The lowest BCUT2D eigenvalue weighted by molar-refractivity contribution is 0.0698. The molecular formula is C27H21F3N2O3. The Morgan fingerprint density at radius 1 is 0.686 bits per heavy atom. The van der Waals surface area contributed by atoms with E-state index < -0.39 is 40.5 Å². The first-order valence-electron chi connectivity index (χ1n) is 10.9. The van der Waals surface area contributed by atoms with E-state index in [1.54, 1.807) is 11.9 Å². The van der Waals surface area contributed by atoms with Gasteiger partial charge in [0, 0.05) is 36.8 Å². The number of allylic oxidation sites excluding steroid dienone is 1. The number of ketones is 2. The normalized spacial score (nSPS) is 13.5. The van der Waals surface area contributed by atoms with Crippen LogP contribution in [0, 0.1) is 17.5 Å². The molecule has 0 N–H and O–H groups in total. The number of carbonyl (C=O) groups excluding carboxylic acids is 3. The van der Waals surface area contributed by atoms with E-state index in [-0.39, 0.29) is 29.1 Å². The SMILES string of the molecule is CN1CCCN(C(=O)c2cccc(F)c2)C1=C(C(=O)c1cccc(F)c1)C(=O)c1cccc(F)c1. The van der Waals surface area contributed by atoms with Crippen LogP contribution in [0.3, 0.4) is 0 Å². The zero-order valence-electron chi connectivity index (χ0n) is 18.8. The lowest BCUT2D eigenvalue weighted by Gasteiger charge is -2.38. The molecule has 0 aliphatic carbocycles. The van der Waals surface area contributed by atoms with Crippen LogP contribution in [-0.2, 0) is 0 Å². The van der Waals surface area contributed by atoms with E-state index in [2.05, 4.69) is 0 Å². The van der Waals surface area contributed by atoms with Gasteiger partial charge in [0.05, 0.1) is 0 Å². The first kappa shape index (κ1) is 23.9. The average Bonchev–Trinajstić information content (AvgIpc) is 2.84. The number of halogens is 3. The van der Waals surface area contributed by atoms with Crippen LogP contribution < -0.4 is 0 Å². The monoisotopic (exact) mass is 478 g/mol. The van der Waals surface area contributed by atoms with E-state index in [4.69, 9.17) is 0 Å². The largest absolute Gasteiger partial charge is 0.360 e. The molecule has 1 saturated heterocycles. The molecule has 1 aliphatic heterocycles. The molecule has 178 valence electrons. The summed E-state index contributed by atoms with van der Waals surface area (Å²) in [5.41, 5.74) is -0.578. The summed E-state index contributed by atoms with van der Waals surface area (Å²) in [5.74, 6) is -4.22. The molecule has 0 bridgehead atoms. The Balaban J connectivity index is 1.93. The highest BCUT2D eigenvalue weighted by atomic mass is 19.1. The highest BCUT2D eigenvalue weighted by Crippen LogP contribution is 2.28. The Morgan fingerprint density at radius 2 is 1.14 bits per heavy atom. The summed E-state index contributed by atoms with van der Waals surface area (Å²) in [4.78, 5) is 43.5. The van der Waals surface area contributed by atoms with Crippen LogP contribution >= 0.6 is 0 Å². The summed E-state index contributed by atoms with van der Waals surface area (Å²) in [7, 11) is 1.61. The van der Waals surface area contributed by atoms with Crippen molar-refractivity contribution < 1.29 is 27.6 Å². The molecule has 4 rings (SSSR count). The Hall–Kier alpha value is -4.20. The first-order chi connectivity index (χ1) is 16.8. The minimum absolute atomic E-state index is 0.00552. The third kappa shape index (κ3) is 5.01. The standard InChI is InChI=1S/C27H21F3N2O3/c1-31-12-5-13-32(27(35)19-8-4-11-22(30)16-19)26(31)23(24(33)17-6-2-9-20(28)14-17)25(34)18-7-3-10-21(29)15-18/h2-4,6-11,14-16H,5,12-13H2,1H3. The molecule has 5 nitrogen and oxygen atoms in total. The minimum Gasteiger partial charge on any atom is -0.360 e. The second-order valence-corrected chi connectivity index (χ2v) is 8.12. The van der Waals surface area contributed by atoms with Crippen molar-refractivity contribution in [2.75, 3.05) is 20.1 Å². The van der Waals surface area contributed by atoms with Crippen molar-refractivity contribution in [1.82, 2.24) is 9.80 Å². The van der Waals surface area contributed by atoms with Crippen molar-refractivity contribution in [3.8, 4) is 0 Å². The van der Waals surface area contributed by atoms with Gasteiger partial charge < -0.3 is 4.90 Å². The molecule has 3 aromatic carbocycles. The number of rotatable bonds is 5. The molecular weight excluding hydrogens is 457 g/mol. The molecule has 3 aromatic rings. The van der Waals surface area contributed by atoms with Gasteiger partial charge in [0.25, 0.3) is 5.91 Å². The van der Waals surface area contributed by atoms with Crippen LogP contribution in [0.4, 0.5) is 13.2 Å². The van der Waals surface area contributed by atoms with E-state index in [9.17, 15) is 27.6 Å². The summed E-state index contributed by atoms with van der Waals surface area (Å²) >= 11 is 0. The molecule has 35 heavy (non-hydrogen) atoms. The van der Waals surface area contributed by atoms with Gasteiger partial charge in [-0.15, -0.1) is 0 Å². The van der Waals surface area contributed by atoms with Crippen molar-refractivity contribution in [2.45, 2.75) is 6.42 Å². The van der Waals surface area contributed by atoms with Crippen molar-refractivity contribution in [2.24, 2.45) is 0 Å². The predicted molar refractivity (Wildman–Crippen MR) is 123 cm³/mol. The summed E-state index contributed by atoms with van der Waals surface area (Å²) in [6.45, 7) is 0.573. The molecule has 8 heteroatoms. The highest BCUT2D eigenvalue weighted by molar-refractivity contribution is 6.31. The van der Waals surface area contributed by atoms with E-state index in [0.29, 0.717) is 13.0 Å². The molecule has 0 aromatic heterocycles. The lowest BCUT2D eigenvalue weighted by Crippen LogP contribution is -2.46. The number of benzene rings is 3.